The lowest BCUT2D eigenvalue weighted by molar-refractivity contribution is 0.0594. The van der Waals surface area contributed by atoms with Crippen LogP contribution in [0.4, 0.5) is 21.8 Å². The van der Waals surface area contributed by atoms with Crippen LogP contribution in [0.5, 0.6) is 0 Å². The average Bonchev–Trinajstić information content (AvgIpc) is 2.93. The van der Waals surface area contributed by atoms with Crippen LogP contribution < -0.4 is 15.5 Å². The Kier molecular flexibility index (Phi) is 8.68. The molecule has 5 rings (SSSR count). The summed E-state index contributed by atoms with van der Waals surface area (Å²) in [4.78, 5) is 40.1. The number of esters is 1. The number of amides is 1. The zero-order valence-corrected chi connectivity index (χ0v) is 22.3. The van der Waals surface area contributed by atoms with E-state index in [1.807, 2.05) is 31.2 Å². The molecular formula is C28H28ClFN6O3. The Morgan fingerprint density at radius 2 is 1.95 bits per heavy atom. The maximum absolute atomic E-state index is 15.5. The average molecular weight is 551 g/mol. The number of hydrogen-bond donors (Lipinski definition) is 2. The van der Waals surface area contributed by atoms with Crippen molar-refractivity contribution in [2.75, 3.05) is 30.4 Å². The van der Waals surface area contributed by atoms with E-state index in [9.17, 15) is 9.59 Å². The number of carbonyl (C=O) groups is 2. The van der Waals surface area contributed by atoms with Gasteiger partial charge >= 0.3 is 5.97 Å². The molecule has 2 aromatic carbocycles. The van der Waals surface area contributed by atoms with E-state index < -0.39 is 17.7 Å². The fraction of sp³-hybridized carbons (Fsp3) is 0.250. The van der Waals surface area contributed by atoms with Crippen molar-refractivity contribution >= 4 is 52.5 Å². The van der Waals surface area contributed by atoms with Crippen LogP contribution in [0.15, 0.2) is 60.9 Å². The van der Waals surface area contributed by atoms with E-state index in [0.717, 1.165) is 35.7 Å². The van der Waals surface area contributed by atoms with Crippen molar-refractivity contribution in [2.45, 2.75) is 25.8 Å². The van der Waals surface area contributed by atoms with E-state index >= 15 is 4.39 Å². The predicted octanol–water partition coefficient (Wildman–Crippen LogP) is 4.82. The van der Waals surface area contributed by atoms with Gasteiger partial charge in [-0.05, 0) is 67.6 Å². The Bertz CT molecular complexity index is 1510. The minimum atomic E-state index is -0.699. The molecule has 3 heterocycles. The molecule has 1 saturated heterocycles. The monoisotopic (exact) mass is 550 g/mol. The van der Waals surface area contributed by atoms with Gasteiger partial charge in [-0.1, -0.05) is 18.2 Å². The highest BCUT2D eigenvalue weighted by atomic mass is 35.5. The van der Waals surface area contributed by atoms with Crippen molar-refractivity contribution in [3.05, 3.63) is 83.6 Å². The summed E-state index contributed by atoms with van der Waals surface area (Å²) in [6.45, 7) is 3.44. The van der Waals surface area contributed by atoms with Gasteiger partial charge in [0.25, 0.3) is 5.91 Å². The molecule has 202 valence electrons. The first-order valence-electron chi connectivity index (χ1n) is 12.3. The molecule has 4 aromatic rings. The van der Waals surface area contributed by atoms with Crippen LogP contribution >= 0.6 is 12.4 Å². The number of aryl methyl sites for hydroxylation is 1. The molecule has 1 amide bonds. The van der Waals surface area contributed by atoms with Gasteiger partial charge in [-0.2, -0.15) is 0 Å². The third-order valence-corrected chi connectivity index (χ3v) is 6.57. The summed E-state index contributed by atoms with van der Waals surface area (Å²) in [6, 6.07) is 13.3. The van der Waals surface area contributed by atoms with Crippen molar-refractivity contribution < 1.29 is 18.7 Å². The van der Waals surface area contributed by atoms with Gasteiger partial charge in [0.1, 0.15) is 11.6 Å². The van der Waals surface area contributed by atoms with Crippen molar-refractivity contribution in [1.82, 2.24) is 20.3 Å². The second-order valence-corrected chi connectivity index (χ2v) is 9.06. The van der Waals surface area contributed by atoms with Crippen molar-refractivity contribution in [2.24, 2.45) is 0 Å². The van der Waals surface area contributed by atoms with Gasteiger partial charge in [0.15, 0.2) is 5.69 Å². The molecule has 0 radical (unpaired) electrons. The normalized spacial score (nSPS) is 14.8. The zero-order chi connectivity index (χ0) is 26.6. The summed E-state index contributed by atoms with van der Waals surface area (Å²) >= 11 is 0. The van der Waals surface area contributed by atoms with Crippen LogP contribution in [0, 0.1) is 12.7 Å². The van der Waals surface area contributed by atoms with E-state index in [1.165, 1.54) is 31.5 Å². The standard InChI is InChI=1S/C28H27FN6O3.ClH/c1-17-5-3-6-18-10-13-31-25(24(17)18)35(20-7-4-12-30-16-20)26(36)21-9-8-19(15-22(21)29)33-28-32-14-11-23(34-28)27(37)38-2;/h3,5-6,8-11,13-15,20,30H,4,7,12,16H2,1-2H3,(H,32,33,34);1H/t20-;/m1./s1. The number of piperidine rings is 1. The molecule has 1 aliphatic heterocycles. The number of nitrogens with one attached hydrogen (secondary N) is 2. The van der Waals surface area contributed by atoms with Crippen LogP contribution in [-0.2, 0) is 4.74 Å². The molecule has 9 nitrogen and oxygen atoms in total. The Morgan fingerprint density at radius 3 is 2.69 bits per heavy atom. The number of carbonyl (C=O) groups excluding carboxylic acids is 2. The van der Waals surface area contributed by atoms with Crippen LogP contribution in [0.25, 0.3) is 10.8 Å². The van der Waals surface area contributed by atoms with E-state index in [2.05, 4.69) is 30.3 Å². The quantitative estimate of drug-likeness (QED) is 0.329. The first-order chi connectivity index (χ1) is 18.5. The third-order valence-electron chi connectivity index (χ3n) is 6.57. The zero-order valence-electron chi connectivity index (χ0n) is 21.5. The molecule has 39 heavy (non-hydrogen) atoms. The van der Waals surface area contributed by atoms with Gasteiger partial charge in [-0.15, -0.1) is 12.4 Å². The molecule has 0 aliphatic carbocycles. The number of benzene rings is 2. The minimum Gasteiger partial charge on any atom is -0.464 e. The predicted molar refractivity (Wildman–Crippen MR) is 149 cm³/mol. The smallest absolute Gasteiger partial charge is 0.356 e. The maximum atomic E-state index is 15.5. The van der Waals surface area contributed by atoms with Crippen LogP contribution in [0.1, 0.15) is 39.3 Å². The Balaban J connectivity index is 0.00000353. The van der Waals surface area contributed by atoms with E-state index in [0.29, 0.717) is 18.1 Å². The highest BCUT2D eigenvalue weighted by Gasteiger charge is 2.31. The molecule has 2 aromatic heterocycles. The topological polar surface area (TPSA) is 109 Å². The van der Waals surface area contributed by atoms with Gasteiger partial charge in [-0.3, -0.25) is 9.69 Å². The summed E-state index contributed by atoms with van der Waals surface area (Å²) in [5, 5.41) is 8.05. The molecular weight excluding hydrogens is 523 g/mol. The lowest BCUT2D eigenvalue weighted by Crippen LogP contribution is -2.49. The molecule has 1 fully saturated rings. The van der Waals surface area contributed by atoms with E-state index in [1.54, 1.807) is 17.2 Å². The second kappa shape index (κ2) is 12.1. The number of halogens is 2. The third kappa shape index (κ3) is 5.81. The molecule has 0 unspecified atom stereocenters. The maximum Gasteiger partial charge on any atom is 0.356 e. The number of methoxy groups -OCH3 is 1. The number of hydrogen-bond acceptors (Lipinski definition) is 8. The highest BCUT2D eigenvalue weighted by Crippen LogP contribution is 2.32. The summed E-state index contributed by atoms with van der Waals surface area (Å²) in [5.74, 6) is -1.16. The first-order valence-corrected chi connectivity index (χ1v) is 12.3. The molecule has 0 bridgehead atoms. The molecule has 1 atom stereocenters. The number of pyridine rings is 1. The number of aromatic nitrogens is 3. The van der Waals surface area contributed by atoms with Crippen molar-refractivity contribution in [1.29, 1.82) is 0 Å². The number of anilines is 3. The summed E-state index contributed by atoms with van der Waals surface area (Å²) in [6.07, 6.45) is 4.75. The molecule has 0 saturated carbocycles. The Morgan fingerprint density at radius 1 is 1.13 bits per heavy atom. The van der Waals surface area contributed by atoms with Gasteiger partial charge in [-0.25, -0.2) is 24.1 Å². The number of rotatable bonds is 6. The first kappa shape index (κ1) is 27.9. The molecule has 2 N–H and O–H groups in total. The van der Waals surface area contributed by atoms with Crippen molar-refractivity contribution in [3.8, 4) is 0 Å². The van der Waals surface area contributed by atoms with Crippen LogP contribution in [-0.4, -0.2) is 53.1 Å². The fourth-order valence-electron chi connectivity index (χ4n) is 4.72. The number of nitrogens with zero attached hydrogens (tertiary/aromatic N) is 4. The van der Waals surface area contributed by atoms with Crippen LogP contribution in [0.2, 0.25) is 0 Å². The van der Waals surface area contributed by atoms with E-state index in [-0.39, 0.29) is 35.7 Å². The molecule has 11 heteroatoms. The SMILES string of the molecule is COC(=O)c1ccnc(Nc2ccc(C(=O)N(c3nccc4cccc(C)c34)[C@@H]3CCCNC3)c(F)c2)n1.Cl. The summed E-state index contributed by atoms with van der Waals surface area (Å²) < 4.78 is 20.1. The fourth-order valence-corrected chi connectivity index (χ4v) is 4.72. The van der Waals surface area contributed by atoms with Gasteiger partial charge in [0.05, 0.1) is 18.7 Å². The second-order valence-electron chi connectivity index (χ2n) is 9.06. The summed E-state index contributed by atoms with van der Waals surface area (Å²) in [7, 11) is 1.25. The van der Waals surface area contributed by atoms with E-state index in [4.69, 9.17) is 0 Å². The van der Waals surface area contributed by atoms with Gasteiger partial charge in [0.2, 0.25) is 5.95 Å². The lowest BCUT2D eigenvalue weighted by Gasteiger charge is -2.35. The molecule has 1 aliphatic rings. The number of ether oxygens (including phenoxy) is 1. The Hall–Kier alpha value is -4.15. The lowest BCUT2D eigenvalue weighted by atomic mass is 10.0. The van der Waals surface area contributed by atoms with Gasteiger partial charge in [0, 0.05) is 30.0 Å². The van der Waals surface area contributed by atoms with Gasteiger partial charge < -0.3 is 15.4 Å². The molecule has 0 spiro atoms. The largest absolute Gasteiger partial charge is 0.464 e. The van der Waals surface area contributed by atoms with Crippen molar-refractivity contribution in [3.63, 3.8) is 0 Å². The highest BCUT2D eigenvalue weighted by molar-refractivity contribution is 6.11. The summed E-state index contributed by atoms with van der Waals surface area (Å²) in [5.41, 5.74) is 1.30. The Labute approximate surface area is 231 Å². The van der Waals surface area contributed by atoms with Crippen LogP contribution in [0.3, 0.4) is 0 Å². The minimum absolute atomic E-state index is 0. The number of fused-ring (bicyclic) bond motifs is 1.